The average molecular weight is 503 g/mol. The summed E-state index contributed by atoms with van der Waals surface area (Å²) in [5.41, 5.74) is 3.04. The maximum Gasteiger partial charge on any atom is 0.343 e. The van der Waals surface area contributed by atoms with Crippen molar-refractivity contribution in [2.24, 2.45) is 0 Å². The van der Waals surface area contributed by atoms with Gasteiger partial charge in [-0.25, -0.2) is 4.79 Å². The van der Waals surface area contributed by atoms with Gasteiger partial charge in [-0.05, 0) is 35.1 Å². The summed E-state index contributed by atoms with van der Waals surface area (Å²) in [6.07, 6.45) is -0.900. The van der Waals surface area contributed by atoms with Crippen LogP contribution in [0.25, 0.3) is 10.8 Å². The molecule has 0 aliphatic rings. The third kappa shape index (κ3) is 6.46. The monoisotopic (exact) mass is 502 g/mol. The number of benzene rings is 4. The minimum atomic E-state index is -0.652. The van der Waals surface area contributed by atoms with Crippen molar-refractivity contribution in [1.29, 1.82) is 0 Å². The van der Waals surface area contributed by atoms with Crippen LogP contribution < -0.4 is 4.74 Å². The van der Waals surface area contributed by atoms with Crippen molar-refractivity contribution in [3.8, 4) is 5.75 Å². The highest BCUT2D eigenvalue weighted by Crippen LogP contribution is 2.36. The molecule has 4 aromatic carbocycles. The lowest BCUT2D eigenvalue weighted by molar-refractivity contribution is -0.142. The van der Waals surface area contributed by atoms with Crippen molar-refractivity contribution >= 4 is 28.5 Å². The molecule has 0 aliphatic carbocycles. The highest BCUT2D eigenvalue weighted by atomic mass is 32.2. The molecule has 1 N–H and O–H groups in total. The number of hydrogen-bond acceptors (Lipinski definition) is 6. The van der Waals surface area contributed by atoms with E-state index in [1.165, 1.54) is 7.11 Å². The summed E-state index contributed by atoms with van der Waals surface area (Å²) in [6.45, 7) is 2.01. The number of fused-ring (bicyclic) bond motifs is 1. The van der Waals surface area contributed by atoms with Crippen LogP contribution in [0.5, 0.6) is 5.75 Å². The van der Waals surface area contributed by atoms with E-state index in [9.17, 15) is 9.90 Å². The summed E-state index contributed by atoms with van der Waals surface area (Å²) in [7, 11) is 1.34. The summed E-state index contributed by atoms with van der Waals surface area (Å²) in [5.74, 6) is 0.712. The molecule has 4 aromatic rings. The first-order valence-corrected chi connectivity index (χ1v) is 12.8. The van der Waals surface area contributed by atoms with Gasteiger partial charge in [0.25, 0.3) is 0 Å². The Hall–Kier alpha value is -3.32. The lowest BCUT2D eigenvalue weighted by Crippen LogP contribution is -2.20. The lowest BCUT2D eigenvalue weighted by Gasteiger charge is -2.21. The van der Waals surface area contributed by atoms with Gasteiger partial charge >= 0.3 is 5.97 Å². The van der Waals surface area contributed by atoms with E-state index >= 15 is 0 Å². The van der Waals surface area contributed by atoms with E-state index in [0.29, 0.717) is 11.5 Å². The molecule has 6 heteroatoms. The van der Waals surface area contributed by atoms with Gasteiger partial charge in [0.1, 0.15) is 11.9 Å². The van der Waals surface area contributed by atoms with Crippen molar-refractivity contribution < 1.29 is 24.1 Å². The zero-order valence-electron chi connectivity index (χ0n) is 20.4. The number of ether oxygens (including phenoxy) is 3. The summed E-state index contributed by atoms with van der Waals surface area (Å²) in [6, 6.07) is 30.1. The number of thioether (sulfide) groups is 1. The van der Waals surface area contributed by atoms with Gasteiger partial charge in [-0.15, -0.1) is 11.8 Å². The van der Waals surface area contributed by atoms with E-state index in [1.54, 1.807) is 11.8 Å². The van der Waals surface area contributed by atoms with Gasteiger partial charge in [0.2, 0.25) is 0 Å². The highest BCUT2D eigenvalue weighted by Gasteiger charge is 2.17. The number of hydrogen-bond donors (Lipinski definition) is 1. The third-order valence-electron chi connectivity index (χ3n) is 5.82. The van der Waals surface area contributed by atoms with Crippen molar-refractivity contribution in [3.63, 3.8) is 0 Å². The fraction of sp³-hybridized carbons (Fsp3) is 0.233. The fourth-order valence-electron chi connectivity index (χ4n) is 4.00. The quantitative estimate of drug-likeness (QED) is 0.202. The molecule has 1 atom stereocenters. The second kappa shape index (κ2) is 12.6. The summed E-state index contributed by atoms with van der Waals surface area (Å²) in [4.78, 5) is 12.6. The first-order valence-electron chi connectivity index (χ1n) is 11.8. The topological polar surface area (TPSA) is 65.0 Å². The molecule has 4 rings (SSSR count). The highest BCUT2D eigenvalue weighted by molar-refractivity contribution is 7.99. The number of carbonyl (C=O) groups excluding carboxylic acids is 1. The van der Waals surface area contributed by atoms with Crippen molar-refractivity contribution in [2.75, 3.05) is 26.1 Å². The predicted octanol–water partition coefficient (Wildman–Crippen LogP) is 5.96. The summed E-state index contributed by atoms with van der Waals surface area (Å²) >= 11 is 1.57. The number of esters is 1. The smallest absolute Gasteiger partial charge is 0.343 e. The van der Waals surface area contributed by atoms with Crippen LogP contribution in [0.2, 0.25) is 0 Å². The van der Waals surface area contributed by atoms with E-state index in [1.807, 2.05) is 97.9 Å². The second-order valence-electron chi connectivity index (χ2n) is 8.43. The molecule has 36 heavy (non-hydrogen) atoms. The van der Waals surface area contributed by atoms with Crippen molar-refractivity contribution in [2.45, 2.75) is 24.0 Å². The number of aliphatic hydroxyl groups is 1. The van der Waals surface area contributed by atoms with Crippen LogP contribution in [0, 0.1) is 6.92 Å². The Kier molecular flexibility index (Phi) is 9.01. The third-order valence-corrected chi connectivity index (χ3v) is 7.04. The molecule has 0 aliphatic heterocycles. The Balaban J connectivity index is 1.44. The van der Waals surface area contributed by atoms with Gasteiger partial charge in [0, 0.05) is 16.0 Å². The predicted molar refractivity (Wildman–Crippen MR) is 144 cm³/mol. The van der Waals surface area contributed by atoms with E-state index in [2.05, 4.69) is 0 Å². The van der Waals surface area contributed by atoms with E-state index < -0.39 is 12.1 Å². The van der Waals surface area contributed by atoms with Crippen molar-refractivity contribution in [3.05, 3.63) is 108 Å². The van der Waals surface area contributed by atoms with Gasteiger partial charge in [0.15, 0.2) is 6.61 Å². The zero-order valence-corrected chi connectivity index (χ0v) is 21.2. The number of rotatable bonds is 11. The van der Waals surface area contributed by atoms with Crippen LogP contribution in [0.4, 0.5) is 0 Å². The van der Waals surface area contributed by atoms with Gasteiger partial charge in [-0.2, -0.15) is 0 Å². The Labute approximate surface area is 216 Å². The molecule has 0 aromatic heterocycles. The summed E-state index contributed by atoms with van der Waals surface area (Å²) < 4.78 is 16.7. The molecular weight excluding hydrogens is 472 g/mol. The minimum absolute atomic E-state index is 0.145. The number of methoxy groups -OCH3 is 1. The molecule has 0 saturated heterocycles. The Morgan fingerprint density at radius 3 is 2.17 bits per heavy atom. The number of aliphatic hydroxyl groups excluding tert-OH is 1. The van der Waals surface area contributed by atoms with E-state index in [-0.39, 0.29) is 19.3 Å². The molecular formula is C30H30O5S. The Morgan fingerprint density at radius 2 is 1.53 bits per heavy atom. The van der Waals surface area contributed by atoms with Gasteiger partial charge < -0.3 is 19.3 Å². The van der Waals surface area contributed by atoms with Crippen LogP contribution in [0.3, 0.4) is 0 Å². The molecule has 0 amide bonds. The first-order chi connectivity index (χ1) is 17.6. The lowest BCUT2D eigenvalue weighted by atomic mass is 10.0. The van der Waals surface area contributed by atoms with Crippen molar-refractivity contribution in [1.82, 2.24) is 0 Å². The van der Waals surface area contributed by atoms with Crippen LogP contribution in [-0.4, -0.2) is 43.3 Å². The maximum absolute atomic E-state index is 11.6. The van der Waals surface area contributed by atoms with Crippen LogP contribution >= 0.6 is 11.8 Å². The molecule has 5 nitrogen and oxygen atoms in total. The molecule has 0 fully saturated rings. The van der Waals surface area contributed by atoms with Crippen LogP contribution in [0.15, 0.2) is 95.9 Å². The second-order valence-corrected chi connectivity index (χ2v) is 9.49. The van der Waals surface area contributed by atoms with E-state index in [4.69, 9.17) is 14.2 Å². The maximum atomic E-state index is 11.6. The zero-order chi connectivity index (χ0) is 25.3. The van der Waals surface area contributed by atoms with Gasteiger partial charge in [0.05, 0.1) is 19.8 Å². The standard InChI is InChI=1S/C30H30O5S/c1-21-16-17-25-26(29(21)35-19-28(32)33-2)14-9-15-27(25)36-20-24(31)18-34-30(22-10-5-3-6-11-22)23-12-7-4-8-13-23/h3-17,24,30-31H,18-20H2,1-2H3. The minimum Gasteiger partial charge on any atom is -0.481 e. The average Bonchev–Trinajstić information content (AvgIpc) is 2.92. The first kappa shape index (κ1) is 25.8. The van der Waals surface area contributed by atoms with Gasteiger partial charge in [-0.3, -0.25) is 0 Å². The Bertz CT molecular complexity index is 1240. The molecule has 0 saturated carbocycles. The SMILES string of the molecule is COC(=O)COc1c(C)ccc2c(SCC(O)COC(c3ccccc3)c3ccccc3)cccc12. The molecule has 0 heterocycles. The molecule has 0 spiro atoms. The van der Waals surface area contributed by atoms with E-state index in [0.717, 1.165) is 32.4 Å². The molecule has 0 bridgehead atoms. The largest absolute Gasteiger partial charge is 0.481 e. The summed E-state index contributed by atoms with van der Waals surface area (Å²) in [5, 5.41) is 12.7. The van der Waals surface area contributed by atoms with Gasteiger partial charge in [-0.1, -0.05) is 84.9 Å². The normalized spacial score (nSPS) is 12.0. The number of aryl methyl sites for hydroxylation is 1. The number of carbonyl (C=O) groups is 1. The fourth-order valence-corrected chi connectivity index (χ4v) is 4.98. The van der Waals surface area contributed by atoms with Crippen LogP contribution in [0.1, 0.15) is 22.8 Å². The Morgan fingerprint density at radius 1 is 0.861 bits per heavy atom. The molecule has 186 valence electrons. The molecule has 1 unspecified atom stereocenters. The van der Waals surface area contributed by atoms with Crippen LogP contribution in [-0.2, 0) is 14.3 Å². The molecule has 0 radical (unpaired) electrons.